The molecule has 0 bridgehead atoms. The van der Waals surface area contributed by atoms with Crippen molar-refractivity contribution in [3.63, 3.8) is 0 Å². The summed E-state index contributed by atoms with van der Waals surface area (Å²) < 4.78 is 5.53. The van der Waals surface area contributed by atoms with Crippen LogP contribution < -0.4 is 20.3 Å². The molecule has 6 heteroatoms. The highest BCUT2D eigenvalue weighted by Gasteiger charge is 2.34. The maximum Gasteiger partial charge on any atom is 0.256 e. The van der Waals surface area contributed by atoms with Gasteiger partial charge in [0.1, 0.15) is 30.0 Å². The molecule has 0 aliphatic carbocycles. The number of anilines is 1. The van der Waals surface area contributed by atoms with Gasteiger partial charge >= 0.3 is 0 Å². The first-order valence-corrected chi connectivity index (χ1v) is 11.3. The Hall–Kier alpha value is -2.83. The molecule has 2 aliphatic heterocycles. The second-order valence-electron chi connectivity index (χ2n) is 7.85. The van der Waals surface area contributed by atoms with Gasteiger partial charge in [-0.25, -0.2) is 0 Å². The molecule has 2 aliphatic rings. The summed E-state index contributed by atoms with van der Waals surface area (Å²) in [7, 11) is 0. The van der Waals surface area contributed by atoms with Crippen molar-refractivity contribution in [1.29, 1.82) is 0 Å². The highest BCUT2D eigenvalue weighted by atomic mass is 32.1. The van der Waals surface area contributed by atoms with E-state index in [1.807, 2.05) is 31.2 Å². The molecule has 5 nitrogen and oxygen atoms in total. The van der Waals surface area contributed by atoms with Crippen LogP contribution in [-0.4, -0.2) is 19.1 Å². The number of rotatable bonds is 5. The maximum atomic E-state index is 13.0. The first kappa shape index (κ1) is 19.2. The third kappa shape index (κ3) is 3.68. The van der Waals surface area contributed by atoms with Crippen molar-refractivity contribution in [1.82, 2.24) is 5.32 Å². The van der Waals surface area contributed by atoms with E-state index in [-0.39, 0.29) is 12.1 Å². The van der Waals surface area contributed by atoms with Crippen LogP contribution in [0, 0.1) is 0 Å². The van der Waals surface area contributed by atoms with Crippen molar-refractivity contribution in [3.8, 4) is 5.75 Å². The summed E-state index contributed by atoms with van der Waals surface area (Å²) in [6.07, 6.45) is 0.736. The van der Waals surface area contributed by atoms with Crippen molar-refractivity contribution in [2.24, 2.45) is 0 Å². The number of fused-ring (bicyclic) bond motifs is 3. The summed E-state index contributed by atoms with van der Waals surface area (Å²) in [5, 5.41) is 7.69. The molecule has 5 rings (SSSR count). The highest BCUT2D eigenvalue weighted by Crippen LogP contribution is 2.39. The second kappa shape index (κ2) is 8.13. The molecule has 3 heterocycles. The predicted molar refractivity (Wildman–Crippen MR) is 119 cm³/mol. The lowest BCUT2D eigenvalue weighted by Gasteiger charge is -2.27. The predicted octanol–water partition coefficient (Wildman–Crippen LogP) is 3.14. The quantitative estimate of drug-likeness (QED) is 0.594. The first-order chi connectivity index (χ1) is 14.7. The van der Waals surface area contributed by atoms with Crippen molar-refractivity contribution in [2.45, 2.75) is 32.6 Å². The first-order valence-electron chi connectivity index (χ1n) is 10.5. The minimum atomic E-state index is -0.214. The minimum Gasteiger partial charge on any atom is -0.494 e. The highest BCUT2D eigenvalue weighted by molar-refractivity contribution is 7.16. The second-order valence-corrected chi connectivity index (χ2v) is 8.96. The largest absolute Gasteiger partial charge is 0.494 e. The number of ether oxygens (including phenoxy) is 1. The van der Waals surface area contributed by atoms with Crippen LogP contribution in [-0.2, 0) is 19.5 Å². The molecule has 0 saturated carbocycles. The van der Waals surface area contributed by atoms with E-state index >= 15 is 0 Å². The van der Waals surface area contributed by atoms with Gasteiger partial charge in [-0.3, -0.25) is 4.79 Å². The Morgan fingerprint density at radius 3 is 2.67 bits per heavy atom. The summed E-state index contributed by atoms with van der Waals surface area (Å²) in [6, 6.07) is 18.6. The zero-order valence-electron chi connectivity index (χ0n) is 17.0. The van der Waals surface area contributed by atoms with Crippen LogP contribution in [0.25, 0.3) is 0 Å². The molecule has 2 aromatic carbocycles. The minimum absolute atomic E-state index is 0.0339. The average molecular weight is 421 g/mol. The molecule has 30 heavy (non-hydrogen) atoms. The number of hydrogen-bond donors (Lipinski definition) is 3. The zero-order chi connectivity index (χ0) is 20.5. The summed E-state index contributed by atoms with van der Waals surface area (Å²) in [4.78, 5) is 15.9. The number of carbonyl (C=O) groups excluding carboxylic acids is 1. The normalized spacial score (nSPS) is 20.0. The van der Waals surface area contributed by atoms with Gasteiger partial charge in [-0.1, -0.05) is 42.5 Å². The molecular weight excluding hydrogens is 394 g/mol. The fraction of sp³-hybridized carbons (Fsp3) is 0.292. The van der Waals surface area contributed by atoms with Gasteiger partial charge < -0.3 is 20.3 Å². The Balaban J connectivity index is 1.34. The summed E-state index contributed by atoms with van der Waals surface area (Å²) >= 11 is 1.75. The zero-order valence-corrected chi connectivity index (χ0v) is 17.9. The molecule has 3 N–H and O–H groups in total. The van der Waals surface area contributed by atoms with E-state index in [2.05, 4.69) is 41.0 Å². The van der Waals surface area contributed by atoms with Crippen LogP contribution >= 0.6 is 11.3 Å². The van der Waals surface area contributed by atoms with Gasteiger partial charge in [-0.05, 0) is 30.2 Å². The molecule has 0 spiro atoms. The molecule has 2 atom stereocenters. The number of nitrogens with one attached hydrogen (secondary N) is 3. The Morgan fingerprint density at radius 1 is 1.10 bits per heavy atom. The van der Waals surface area contributed by atoms with E-state index in [9.17, 15) is 4.79 Å². The van der Waals surface area contributed by atoms with Crippen LogP contribution in [0.1, 0.15) is 45.0 Å². The van der Waals surface area contributed by atoms with Gasteiger partial charge in [0.05, 0.1) is 23.6 Å². The molecule has 0 radical (unpaired) electrons. The Labute approximate surface area is 180 Å². The van der Waals surface area contributed by atoms with E-state index in [0.717, 1.165) is 47.9 Å². The summed E-state index contributed by atoms with van der Waals surface area (Å²) in [5.41, 5.74) is 4.49. The number of amides is 1. The number of quaternary nitrogens is 1. The van der Waals surface area contributed by atoms with Gasteiger partial charge in [0.2, 0.25) is 0 Å². The topological polar surface area (TPSA) is 54.8 Å². The smallest absolute Gasteiger partial charge is 0.256 e. The van der Waals surface area contributed by atoms with Gasteiger partial charge in [0.15, 0.2) is 0 Å². The number of carbonyl (C=O) groups is 1. The van der Waals surface area contributed by atoms with Crippen LogP contribution in [0.4, 0.5) is 5.00 Å². The third-order valence-corrected chi connectivity index (χ3v) is 6.99. The van der Waals surface area contributed by atoms with E-state index in [1.165, 1.54) is 16.0 Å². The van der Waals surface area contributed by atoms with Crippen LogP contribution in [0.3, 0.4) is 0 Å². The van der Waals surface area contributed by atoms with Gasteiger partial charge in [0.25, 0.3) is 5.91 Å². The fourth-order valence-electron chi connectivity index (χ4n) is 4.37. The molecule has 1 unspecified atom stereocenters. The van der Waals surface area contributed by atoms with Gasteiger partial charge in [0, 0.05) is 12.0 Å². The lowest BCUT2D eigenvalue weighted by molar-refractivity contribution is -0.929. The fourth-order valence-corrected chi connectivity index (χ4v) is 5.72. The van der Waals surface area contributed by atoms with Crippen molar-refractivity contribution >= 4 is 22.2 Å². The maximum absolute atomic E-state index is 13.0. The number of benzene rings is 2. The number of thiophene rings is 1. The Kier molecular flexibility index (Phi) is 5.19. The molecule has 1 amide bonds. The molecule has 0 fully saturated rings. The van der Waals surface area contributed by atoms with E-state index < -0.39 is 0 Å². The lowest BCUT2D eigenvalue weighted by atomic mass is 10.00. The molecule has 0 saturated heterocycles. The van der Waals surface area contributed by atoms with Crippen LogP contribution in [0.15, 0.2) is 54.6 Å². The van der Waals surface area contributed by atoms with Crippen molar-refractivity contribution < 1.29 is 14.4 Å². The standard InChI is InChI=1S/C24H25N3O2S/c1-2-29-18-10-8-17(9-11-18)22-25-23(28)21-19-12-13-27(14-16-6-4-3-5-7-16)15-20(19)30-24(21)26-22/h3-11,22,26H,2,12-15H2,1H3,(H,25,28)/p+1/t22-/m0/s1. The van der Waals surface area contributed by atoms with Crippen molar-refractivity contribution in [3.05, 3.63) is 81.7 Å². The molecule has 1 aromatic heterocycles. The molecule has 3 aromatic rings. The van der Waals surface area contributed by atoms with Gasteiger partial charge in [-0.15, -0.1) is 11.3 Å². The lowest BCUT2D eigenvalue weighted by Crippen LogP contribution is -3.10. The summed E-state index contributed by atoms with van der Waals surface area (Å²) in [6.45, 7) is 5.67. The van der Waals surface area contributed by atoms with Gasteiger partial charge in [-0.2, -0.15) is 0 Å². The monoisotopic (exact) mass is 420 g/mol. The van der Waals surface area contributed by atoms with Crippen LogP contribution in [0.5, 0.6) is 5.75 Å². The Bertz CT molecular complexity index is 1050. The third-order valence-electron chi connectivity index (χ3n) is 5.83. The van der Waals surface area contributed by atoms with Crippen molar-refractivity contribution in [2.75, 3.05) is 18.5 Å². The van der Waals surface area contributed by atoms with Crippen LogP contribution in [0.2, 0.25) is 0 Å². The molecular formula is C24H26N3O2S+. The SMILES string of the molecule is CCOc1ccc([C@H]2NC(=O)c3c(sc4c3CC[NH+](Cc3ccccc3)C4)N2)cc1. The average Bonchev–Trinajstić information content (AvgIpc) is 3.13. The number of hydrogen-bond acceptors (Lipinski definition) is 4. The van der Waals surface area contributed by atoms with E-state index in [1.54, 1.807) is 16.2 Å². The summed E-state index contributed by atoms with van der Waals surface area (Å²) in [5.74, 6) is 0.879. The van der Waals surface area contributed by atoms with E-state index in [4.69, 9.17) is 4.74 Å². The van der Waals surface area contributed by atoms with E-state index in [0.29, 0.717) is 6.61 Å². The Morgan fingerprint density at radius 2 is 1.90 bits per heavy atom. The molecule has 154 valence electrons.